The van der Waals surface area contributed by atoms with Crippen molar-refractivity contribution in [3.05, 3.63) is 40.4 Å². The number of nitrogens with zero attached hydrogens (tertiary/aromatic N) is 4. The quantitative estimate of drug-likeness (QED) is 0.329. The molecule has 11 heteroatoms. The molecule has 0 unspecified atom stereocenters. The average molecular weight is 539 g/mol. The molecule has 0 aromatic carbocycles. The van der Waals surface area contributed by atoms with Crippen molar-refractivity contribution in [2.45, 2.75) is 19.1 Å². The lowest BCUT2D eigenvalue weighted by Gasteiger charge is -2.35. The number of hydrogen-bond donors (Lipinski definition) is 1. The SMILES string of the molecule is CCNC(=NCCc1cccs1)N1CCN(S(=O)(=O)Cc2ccon2)CC1.I. The number of nitrogens with one attached hydrogen (secondary N) is 1. The number of aliphatic imine (C=N–C) groups is 1. The van der Waals surface area contributed by atoms with Gasteiger partial charge in [0.15, 0.2) is 5.96 Å². The number of sulfonamides is 1. The summed E-state index contributed by atoms with van der Waals surface area (Å²) < 4.78 is 31.3. The Kier molecular flexibility index (Phi) is 9.18. The summed E-state index contributed by atoms with van der Waals surface area (Å²) >= 11 is 1.74. The van der Waals surface area contributed by atoms with E-state index in [0.717, 1.165) is 18.9 Å². The molecule has 1 N–H and O–H groups in total. The van der Waals surface area contributed by atoms with E-state index in [-0.39, 0.29) is 29.7 Å². The summed E-state index contributed by atoms with van der Waals surface area (Å²) in [6.07, 6.45) is 2.30. The molecule has 1 aliphatic heterocycles. The van der Waals surface area contributed by atoms with E-state index in [4.69, 9.17) is 9.52 Å². The third kappa shape index (κ3) is 6.42. The van der Waals surface area contributed by atoms with E-state index in [2.05, 4.69) is 26.8 Å². The van der Waals surface area contributed by atoms with Crippen LogP contribution in [-0.2, 0) is 22.2 Å². The number of aromatic nitrogens is 1. The van der Waals surface area contributed by atoms with Crippen molar-refractivity contribution >= 4 is 51.3 Å². The number of rotatable bonds is 7. The average Bonchev–Trinajstić information content (AvgIpc) is 3.35. The Morgan fingerprint density at radius 1 is 1.32 bits per heavy atom. The summed E-state index contributed by atoms with van der Waals surface area (Å²) in [6, 6.07) is 5.75. The van der Waals surface area contributed by atoms with E-state index >= 15 is 0 Å². The summed E-state index contributed by atoms with van der Waals surface area (Å²) in [5.41, 5.74) is 0.431. The number of halogens is 1. The zero-order chi connectivity index (χ0) is 19.1. The first-order valence-electron chi connectivity index (χ1n) is 9.01. The molecule has 1 saturated heterocycles. The van der Waals surface area contributed by atoms with Crippen LogP contribution in [0.1, 0.15) is 17.5 Å². The number of piperazine rings is 1. The normalized spacial score (nSPS) is 16.0. The Morgan fingerprint density at radius 2 is 2.11 bits per heavy atom. The van der Waals surface area contributed by atoms with Crippen LogP contribution in [-0.4, -0.2) is 68.0 Å². The fourth-order valence-corrected chi connectivity index (χ4v) is 5.04. The van der Waals surface area contributed by atoms with Crippen molar-refractivity contribution in [3.63, 3.8) is 0 Å². The first-order valence-corrected chi connectivity index (χ1v) is 11.5. The largest absolute Gasteiger partial charge is 0.364 e. The van der Waals surface area contributed by atoms with E-state index in [9.17, 15) is 8.42 Å². The van der Waals surface area contributed by atoms with Gasteiger partial charge in [0.25, 0.3) is 0 Å². The maximum atomic E-state index is 12.5. The van der Waals surface area contributed by atoms with Crippen molar-refractivity contribution in [2.24, 2.45) is 4.99 Å². The summed E-state index contributed by atoms with van der Waals surface area (Å²) in [5, 5.41) is 9.08. The van der Waals surface area contributed by atoms with Gasteiger partial charge in [-0.25, -0.2) is 8.42 Å². The molecule has 1 fully saturated rings. The van der Waals surface area contributed by atoms with Gasteiger partial charge in [0.1, 0.15) is 12.0 Å². The molecule has 0 aliphatic carbocycles. The molecule has 0 saturated carbocycles. The fraction of sp³-hybridized carbons (Fsp3) is 0.529. The van der Waals surface area contributed by atoms with Gasteiger partial charge in [0.2, 0.25) is 10.0 Å². The highest BCUT2D eigenvalue weighted by Crippen LogP contribution is 2.13. The van der Waals surface area contributed by atoms with Gasteiger partial charge >= 0.3 is 0 Å². The van der Waals surface area contributed by atoms with Gasteiger partial charge < -0.3 is 14.7 Å². The predicted molar refractivity (Wildman–Crippen MR) is 122 cm³/mol. The molecule has 156 valence electrons. The molecule has 0 bridgehead atoms. The molecule has 0 amide bonds. The number of thiophene rings is 1. The van der Waals surface area contributed by atoms with Crippen LogP contribution in [0.25, 0.3) is 0 Å². The van der Waals surface area contributed by atoms with Crippen LogP contribution in [0.4, 0.5) is 0 Å². The van der Waals surface area contributed by atoms with Crippen LogP contribution in [0.15, 0.2) is 39.4 Å². The van der Waals surface area contributed by atoms with Gasteiger partial charge in [-0.3, -0.25) is 4.99 Å². The van der Waals surface area contributed by atoms with Crippen LogP contribution >= 0.6 is 35.3 Å². The first-order chi connectivity index (χ1) is 13.1. The van der Waals surface area contributed by atoms with E-state index in [1.54, 1.807) is 17.4 Å². The monoisotopic (exact) mass is 539 g/mol. The lowest BCUT2D eigenvalue weighted by Crippen LogP contribution is -2.54. The highest BCUT2D eigenvalue weighted by molar-refractivity contribution is 14.0. The van der Waals surface area contributed by atoms with E-state index in [1.165, 1.54) is 15.4 Å². The lowest BCUT2D eigenvalue weighted by atomic mass is 10.3. The van der Waals surface area contributed by atoms with Gasteiger partial charge in [-0.1, -0.05) is 11.2 Å². The van der Waals surface area contributed by atoms with Crippen molar-refractivity contribution in [3.8, 4) is 0 Å². The summed E-state index contributed by atoms with van der Waals surface area (Å²) in [6.45, 7) is 5.64. The first kappa shape index (κ1) is 23.1. The topological polar surface area (TPSA) is 91.0 Å². The van der Waals surface area contributed by atoms with Crippen molar-refractivity contribution < 1.29 is 12.9 Å². The molecule has 0 spiro atoms. The Hall–Kier alpha value is -1.18. The maximum absolute atomic E-state index is 12.5. The molecular formula is C17H26IN5O3S2. The van der Waals surface area contributed by atoms with E-state index in [0.29, 0.717) is 38.4 Å². The zero-order valence-electron chi connectivity index (χ0n) is 15.8. The smallest absolute Gasteiger partial charge is 0.220 e. The van der Waals surface area contributed by atoms with Crippen LogP contribution < -0.4 is 5.32 Å². The second-order valence-corrected chi connectivity index (χ2v) is 9.20. The van der Waals surface area contributed by atoms with Crippen molar-refractivity contribution in [2.75, 3.05) is 39.3 Å². The molecule has 8 nitrogen and oxygen atoms in total. The third-order valence-corrected chi connectivity index (χ3v) is 7.04. The molecule has 2 aromatic rings. The number of guanidine groups is 1. The maximum Gasteiger partial charge on any atom is 0.220 e. The van der Waals surface area contributed by atoms with Crippen molar-refractivity contribution in [1.82, 2.24) is 19.7 Å². The standard InChI is InChI=1S/C17H25N5O3S2.HI/c1-2-18-17(19-7-5-16-4-3-13-26-16)21-8-10-22(11-9-21)27(23,24)14-15-6-12-25-20-15;/h3-4,6,12-13H,2,5,7-11,14H2,1H3,(H,18,19);1H. The molecule has 3 rings (SSSR count). The van der Waals surface area contributed by atoms with Crippen LogP contribution in [0.5, 0.6) is 0 Å². The Labute approximate surface area is 187 Å². The van der Waals surface area contributed by atoms with Crippen molar-refractivity contribution in [1.29, 1.82) is 0 Å². The van der Waals surface area contributed by atoms with Gasteiger partial charge in [-0.05, 0) is 18.4 Å². The minimum Gasteiger partial charge on any atom is -0.364 e. The second-order valence-electron chi connectivity index (χ2n) is 6.20. The molecule has 1 aliphatic rings. The minimum atomic E-state index is -3.39. The highest BCUT2D eigenvalue weighted by Gasteiger charge is 2.28. The van der Waals surface area contributed by atoms with Crippen LogP contribution in [0.3, 0.4) is 0 Å². The molecule has 0 atom stereocenters. The Bertz CT molecular complexity index is 817. The van der Waals surface area contributed by atoms with Gasteiger partial charge in [0, 0.05) is 56.6 Å². The second kappa shape index (κ2) is 11.1. The lowest BCUT2D eigenvalue weighted by molar-refractivity contribution is 0.260. The summed E-state index contributed by atoms with van der Waals surface area (Å²) in [5.74, 6) is 0.723. The van der Waals surface area contributed by atoms with Crippen LogP contribution in [0, 0.1) is 0 Å². The number of hydrogen-bond acceptors (Lipinski definition) is 6. The molecule has 0 radical (unpaired) electrons. The summed E-state index contributed by atoms with van der Waals surface area (Å²) in [4.78, 5) is 8.15. The van der Waals surface area contributed by atoms with Gasteiger partial charge in [-0.15, -0.1) is 35.3 Å². The van der Waals surface area contributed by atoms with Gasteiger partial charge in [-0.2, -0.15) is 4.31 Å². The zero-order valence-corrected chi connectivity index (χ0v) is 19.7. The molecule has 28 heavy (non-hydrogen) atoms. The van der Waals surface area contributed by atoms with E-state index in [1.807, 2.05) is 13.0 Å². The highest BCUT2D eigenvalue weighted by atomic mass is 127. The molecular weight excluding hydrogens is 513 g/mol. The Morgan fingerprint density at radius 3 is 2.71 bits per heavy atom. The van der Waals surface area contributed by atoms with Crippen LogP contribution in [0.2, 0.25) is 0 Å². The minimum absolute atomic E-state index is 0. The summed E-state index contributed by atoms with van der Waals surface area (Å²) in [7, 11) is -3.39. The molecule has 3 heterocycles. The predicted octanol–water partition coefficient (Wildman–Crippen LogP) is 2.01. The van der Waals surface area contributed by atoms with Gasteiger partial charge in [0.05, 0.1) is 5.69 Å². The van der Waals surface area contributed by atoms with E-state index < -0.39 is 10.0 Å². The fourth-order valence-electron chi connectivity index (χ4n) is 2.92. The third-order valence-electron chi connectivity index (χ3n) is 4.29. The Balaban J connectivity index is 0.00000280. The molecule has 2 aromatic heterocycles.